The molecule has 0 aliphatic carbocycles. The maximum Gasteiger partial charge on any atom is 0.387 e. The number of rotatable bonds is 7. The van der Waals surface area contributed by atoms with Gasteiger partial charge in [0.1, 0.15) is 17.3 Å². The Hall–Kier alpha value is -2.45. The molecule has 2 heterocycles. The van der Waals surface area contributed by atoms with Crippen molar-refractivity contribution in [2.45, 2.75) is 19.6 Å². The Kier molecular flexibility index (Phi) is 6.41. The molecule has 1 aromatic carbocycles. The topological polar surface area (TPSA) is 63.9 Å². The summed E-state index contributed by atoms with van der Waals surface area (Å²) in [4.78, 5) is 14.6. The number of halogens is 2. The molecule has 0 saturated carbocycles. The number of amides is 1. The number of nitrogens with one attached hydrogen (secondary N) is 1. The lowest BCUT2D eigenvalue weighted by Gasteiger charge is -2.33. The van der Waals surface area contributed by atoms with E-state index in [1.807, 2.05) is 19.1 Å². The first-order valence-electron chi connectivity index (χ1n) is 8.74. The van der Waals surface area contributed by atoms with Crippen molar-refractivity contribution in [3.63, 3.8) is 0 Å². The lowest BCUT2D eigenvalue weighted by Crippen LogP contribution is -2.43. The van der Waals surface area contributed by atoms with Crippen LogP contribution < -0.4 is 10.1 Å². The first-order valence-corrected chi connectivity index (χ1v) is 8.74. The van der Waals surface area contributed by atoms with Crippen molar-refractivity contribution in [3.8, 4) is 5.75 Å². The van der Waals surface area contributed by atoms with Crippen molar-refractivity contribution in [2.75, 3.05) is 32.8 Å². The normalized spacial score (nSPS) is 16.3. The molecule has 0 radical (unpaired) electrons. The van der Waals surface area contributed by atoms with Crippen molar-refractivity contribution in [1.82, 2.24) is 10.2 Å². The summed E-state index contributed by atoms with van der Waals surface area (Å²) in [7, 11) is 0. The lowest BCUT2D eigenvalue weighted by atomic mass is 10.1. The Bertz CT molecular complexity index is 742. The number of hydrogen-bond acceptors (Lipinski definition) is 5. The molecule has 6 nitrogen and oxygen atoms in total. The van der Waals surface area contributed by atoms with Gasteiger partial charge in [0.25, 0.3) is 5.91 Å². The fraction of sp³-hybridized carbons (Fsp3) is 0.421. The van der Waals surface area contributed by atoms with Crippen LogP contribution in [0.15, 0.2) is 40.8 Å². The third-order valence-electron chi connectivity index (χ3n) is 4.37. The predicted molar refractivity (Wildman–Crippen MR) is 94.0 cm³/mol. The number of ether oxygens (including phenoxy) is 2. The van der Waals surface area contributed by atoms with Gasteiger partial charge in [0, 0.05) is 25.2 Å². The van der Waals surface area contributed by atoms with E-state index in [-0.39, 0.29) is 17.7 Å². The van der Waals surface area contributed by atoms with Crippen molar-refractivity contribution in [2.24, 2.45) is 0 Å². The van der Waals surface area contributed by atoms with E-state index in [1.165, 1.54) is 24.3 Å². The smallest absolute Gasteiger partial charge is 0.387 e. The fourth-order valence-electron chi connectivity index (χ4n) is 3.01. The molecule has 27 heavy (non-hydrogen) atoms. The fourth-order valence-corrected chi connectivity index (χ4v) is 3.01. The molecule has 1 atom stereocenters. The third kappa shape index (κ3) is 5.27. The summed E-state index contributed by atoms with van der Waals surface area (Å²) in [5.74, 6) is 1.32. The summed E-state index contributed by atoms with van der Waals surface area (Å²) in [6.07, 6.45) is 0. The van der Waals surface area contributed by atoms with Gasteiger partial charge in [-0.3, -0.25) is 9.69 Å². The van der Waals surface area contributed by atoms with Gasteiger partial charge in [0.15, 0.2) is 0 Å². The van der Waals surface area contributed by atoms with Crippen molar-refractivity contribution >= 4 is 5.91 Å². The molecule has 1 aliphatic rings. The molecule has 8 heteroatoms. The highest BCUT2D eigenvalue weighted by Gasteiger charge is 2.25. The molecule has 1 unspecified atom stereocenters. The van der Waals surface area contributed by atoms with E-state index < -0.39 is 6.61 Å². The molecule has 0 spiro atoms. The first kappa shape index (κ1) is 19.3. The number of carbonyl (C=O) groups excluding carboxylic acids is 1. The molecule has 3 rings (SSSR count). The zero-order chi connectivity index (χ0) is 19.2. The molecule has 2 aromatic rings. The quantitative estimate of drug-likeness (QED) is 0.800. The van der Waals surface area contributed by atoms with Crippen LogP contribution in [0.2, 0.25) is 0 Å². The van der Waals surface area contributed by atoms with Crippen LogP contribution in [0.5, 0.6) is 5.75 Å². The number of morpholine rings is 1. The summed E-state index contributed by atoms with van der Waals surface area (Å²) >= 11 is 0. The zero-order valence-electron chi connectivity index (χ0n) is 15.0. The van der Waals surface area contributed by atoms with Gasteiger partial charge in [-0.15, -0.1) is 0 Å². The van der Waals surface area contributed by atoms with Crippen LogP contribution in [0.4, 0.5) is 8.78 Å². The van der Waals surface area contributed by atoms with Gasteiger partial charge in [-0.05, 0) is 43.3 Å². The van der Waals surface area contributed by atoms with Crippen molar-refractivity contribution < 1.29 is 27.5 Å². The minimum atomic E-state index is -2.89. The van der Waals surface area contributed by atoms with E-state index in [2.05, 4.69) is 15.0 Å². The predicted octanol–water partition coefficient (Wildman–Crippen LogP) is 2.99. The number of carbonyl (C=O) groups is 1. The third-order valence-corrected chi connectivity index (χ3v) is 4.37. The highest BCUT2D eigenvalue weighted by Crippen LogP contribution is 2.23. The minimum Gasteiger partial charge on any atom is -0.465 e. The van der Waals surface area contributed by atoms with Gasteiger partial charge in [-0.1, -0.05) is 0 Å². The molecule has 1 aromatic heterocycles. The van der Waals surface area contributed by atoms with Gasteiger partial charge in [0.05, 0.1) is 19.3 Å². The number of nitrogens with zero attached hydrogens (tertiary/aromatic N) is 1. The summed E-state index contributed by atoms with van der Waals surface area (Å²) < 4.78 is 39.9. The molecular weight excluding hydrogens is 358 g/mol. The van der Waals surface area contributed by atoms with Crippen LogP contribution in [0.25, 0.3) is 0 Å². The van der Waals surface area contributed by atoms with E-state index >= 15 is 0 Å². The molecule has 0 bridgehead atoms. The Balaban J connectivity index is 1.64. The van der Waals surface area contributed by atoms with Gasteiger partial charge >= 0.3 is 6.61 Å². The highest BCUT2D eigenvalue weighted by molar-refractivity contribution is 5.94. The summed E-state index contributed by atoms with van der Waals surface area (Å²) in [5.41, 5.74) is 0.368. The van der Waals surface area contributed by atoms with Crippen LogP contribution in [-0.2, 0) is 4.74 Å². The Morgan fingerprint density at radius 2 is 1.89 bits per heavy atom. The van der Waals surface area contributed by atoms with E-state index in [9.17, 15) is 13.6 Å². The standard InChI is InChI=1S/C19H22F2N2O4/c1-13-2-7-17(26-13)16(23-8-10-25-11-9-23)12-22-18(24)14-3-5-15(6-4-14)27-19(20)21/h2-7,16,19H,8-12H2,1H3,(H,22,24). The van der Waals surface area contributed by atoms with E-state index in [4.69, 9.17) is 9.15 Å². The number of hydrogen-bond donors (Lipinski definition) is 1. The van der Waals surface area contributed by atoms with Crippen LogP contribution in [0.1, 0.15) is 27.9 Å². The second-order valence-corrected chi connectivity index (χ2v) is 6.23. The second kappa shape index (κ2) is 8.96. The molecular formula is C19H22F2N2O4. The molecule has 1 amide bonds. The average molecular weight is 380 g/mol. The Morgan fingerprint density at radius 1 is 1.19 bits per heavy atom. The van der Waals surface area contributed by atoms with Gasteiger partial charge in [-0.25, -0.2) is 0 Å². The maximum atomic E-state index is 12.4. The second-order valence-electron chi connectivity index (χ2n) is 6.23. The Morgan fingerprint density at radius 3 is 2.48 bits per heavy atom. The van der Waals surface area contributed by atoms with Crippen molar-refractivity contribution in [1.29, 1.82) is 0 Å². The lowest BCUT2D eigenvalue weighted by molar-refractivity contribution is -0.0498. The molecule has 146 valence electrons. The van der Waals surface area contributed by atoms with Crippen LogP contribution in [0.3, 0.4) is 0 Å². The average Bonchev–Trinajstić information content (AvgIpc) is 3.09. The monoisotopic (exact) mass is 380 g/mol. The van der Waals surface area contributed by atoms with Crippen LogP contribution >= 0.6 is 0 Å². The summed E-state index contributed by atoms with van der Waals surface area (Å²) in [6, 6.07) is 9.30. The first-order chi connectivity index (χ1) is 13.0. The molecule has 1 N–H and O–H groups in total. The molecule has 1 fully saturated rings. The summed E-state index contributed by atoms with van der Waals surface area (Å²) in [6.45, 7) is 2.11. The van der Waals surface area contributed by atoms with Crippen LogP contribution in [0, 0.1) is 6.92 Å². The van der Waals surface area contributed by atoms with Gasteiger partial charge in [0.2, 0.25) is 0 Å². The number of alkyl halides is 2. The Labute approximate surface area is 156 Å². The van der Waals surface area contributed by atoms with Gasteiger partial charge in [-0.2, -0.15) is 8.78 Å². The maximum absolute atomic E-state index is 12.4. The minimum absolute atomic E-state index is 0.0128. The largest absolute Gasteiger partial charge is 0.465 e. The van der Waals surface area contributed by atoms with Gasteiger partial charge < -0.3 is 19.2 Å². The molecule has 1 saturated heterocycles. The molecule has 1 aliphatic heterocycles. The zero-order valence-corrected chi connectivity index (χ0v) is 15.0. The summed E-state index contributed by atoms with van der Waals surface area (Å²) in [5, 5.41) is 2.89. The van der Waals surface area contributed by atoms with E-state index in [0.29, 0.717) is 25.3 Å². The van der Waals surface area contributed by atoms with E-state index in [0.717, 1.165) is 24.6 Å². The highest BCUT2D eigenvalue weighted by atomic mass is 19.3. The van der Waals surface area contributed by atoms with Crippen molar-refractivity contribution in [3.05, 3.63) is 53.5 Å². The van der Waals surface area contributed by atoms with E-state index in [1.54, 1.807) is 0 Å². The SMILES string of the molecule is Cc1ccc(C(CNC(=O)c2ccc(OC(F)F)cc2)N2CCOCC2)o1. The number of aryl methyl sites for hydroxylation is 1. The number of furan rings is 1. The van der Waals surface area contributed by atoms with Crippen LogP contribution in [-0.4, -0.2) is 50.3 Å². The number of benzene rings is 1.